The monoisotopic (exact) mass is 880 g/mol. The first-order valence-corrected chi connectivity index (χ1v) is 28.2. The van der Waals surface area contributed by atoms with Gasteiger partial charge in [0.05, 0.1) is 45.2 Å². The minimum atomic E-state index is 0.119. The molecule has 0 bridgehead atoms. The quantitative estimate of drug-likeness (QED) is 0.0485. The highest BCUT2D eigenvalue weighted by atomic mass is 16.6. The van der Waals surface area contributed by atoms with Crippen LogP contribution in [-0.2, 0) is 18.9 Å². The molecule has 0 radical (unpaired) electrons. The third kappa shape index (κ3) is 17.7. The summed E-state index contributed by atoms with van der Waals surface area (Å²) in [4.78, 5) is 2.61. The predicted octanol–water partition coefficient (Wildman–Crippen LogP) is 15.7. The molecule has 4 fully saturated rings. The molecule has 366 valence electrons. The Hall–Kier alpha value is -0.720. The van der Waals surface area contributed by atoms with Gasteiger partial charge in [-0.25, -0.2) is 0 Å². The maximum absolute atomic E-state index is 6.54. The second-order valence-electron chi connectivity index (χ2n) is 22.9. The van der Waals surface area contributed by atoms with Crippen LogP contribution in [0.25, 0.3) is 0 Å². The van der Waals surface area contributed by atoms with Crippen molar-refractivity contribution in [2.45, 2.75) is 240 Å². The Kier molecular flexibility index (Phi) is 25.3. The normalized spacial score (nSPS) is 30.0. The summed E-state index contributed by atoms with van der Waals surface area (Å²) in [7, 11) is 0. The molecule has 0 aromatic rings. The summed E-state index contributed by atoms with van der Waals surface area (Å²) < 4.78 is 25.4. The number of unbranched alkanes of at least 4 members (excludes halogenated alkanes) is 12. The van der Waals surface area contributed by atoms with Crippen molar-refractivity contribution in [1.29, 1.82) is 0 Å². The van der Waals surface area contributed by atoms with Gasteiger partial charge < -0.3 is 23.8 Å². The number of ether oxygens (including phenoxy) is 4. The Morgan fingerprint density at radius 1 is 0.683 bits per heavy atom. The minimum Gasteiger partial charge on any atom is -0.379 e. The number of hydrogen-bond acceptors (Lipinski definition) is 5. The van der Waals surface area contributed by atoms with Crippen LogP contribution in [0.15, 0.2) is 23.8 Å². The van der Waals surface area contributed by atoms with Crippen LogP contribution in [0.2, 0.25) is 0 Å². The SMILES string of the molecule is CCCCCCCC/C=C\CCCCCCCCOCC(CN1CCCCCC1)OCCOCCO[C@H]1CC[C@@]2(C)C(=CC[C@H]3[C@@H]4CC[C@H]([C@H](C)CCCC(C)C)[C@@]4(C)CC[C@@H]32)C1. The molecule has 0 N–H and O–H groups in total. The van der Waals surface area contributed by atoms with Gasteiger partial charge >= 0.3 is 0 Å². The van der Waals surface area contributed by atoms with Crippen LogP contribution >= 0.6 is 0 Å². The average Bonchev–Trinajstić information content (AvgIpc) is 3.42. The van der Waals surface area contributed by atoms with Gasteiger partial charge in [-0.05, 0) is 156 Å². The summed E-state index contributed by atoms with van der Waals surface area (Å²) in [5, 5.41) is 0. The summed E-state index contributed by atoms with van der Waals surface area (Å²) in [5.74, 6) is 5.37. The first-order valence-electron chi connectivity index (χ1n) is 28.2. The van der Waals surface area contributed by atoms with Crippen molar-refractivity contribution in [3.05, 3.63) is 23.8 Å². The average molecular weight is 880 g/mol. The molecule has 1 saturated heterocycles. The molecule has 0 aromatic heterocycles. The fourth-order valence-electron chi connectivity index (χ4n) is 13.9. The standard InChI is InChI=1S/C58H105NO4/c1-7-8-9-10-11-12-13-14-15-16-17-18-19-20-23-26-40-61-47-52(46-59-38-24-21-22-25-39-59)63-44-42-60-41-43-62-51-34-36-57(5)50(45-51)30-31-53-55-33-32-54(49(4)29-27-28-48(2)3)58(55,6)37-35-56(53)57/h14-15,30,48-49,51-56H,7-13,16-29,31-47H2,1-6H3/b15-14-/t49-,51+,52?,53+,54-,55+,56+,57+,58-/m1/s1. The van der Waals surface area contributed by atoms with Crippen molar-refractivity contribution < 1.29 is 18.9 Å². The van der Waals surface area contributed by atoms with E-state index in [0.717, 1.165) is 61.5 Å². The fourth-order valence-corrected chi connectivity index (χ4v) is 13.9. The van der Waals surface area contributed by atoms with E-state index in [4.69, 9.17) is 18.9 Å². The van der Waals surface area contributed by atoms with Gasteiger partial charge in [0.25, 0.3) is 0 Å². The second kappa shape index (κ2) is 29.9. The zero-order chi connectivity index (χ0) is 44.6. The lowest BCUT2D eigenvalue weighted by Crippen LogP contribution is -2.51. The Morgan fingerprint density at radius 3 is 2.11 bits per heavy atom. The molecule has 5 heteroatoms. The Labute approximate surface area is 391 Å². The summed E-state index contributed by atoms with van der Waals surface area (Å²) in [6, 6.07) is 0. The minimum absolute atomic E-state index is 0.119. The number of likely N-dealkylation sites (tertiary alicyclic amines) is 1. The van der Waals surface area contributed by atoms with Crippen molar-refractivity contribution in [1.82, 2.24) is 4.90 Å². The first kappa shape index (κ1) is 53.2. The summed E-state index contributed by atoms with van der Waals surface area (Å²) in [6.45, 7) is 22.6. The van der Waals surface area contributed by atoms with Crippen LogP contribution in [-0.4, -0.2) is 76.4 Å². The summed E-state index contributed by atoms with van der Waals surface area (Å²) >= 11 is 0. The smallest absolute Gasteiger partial charge is 0.0936 e. The molecule has 0 aromatic carbocycles. The molecule has 1 heterocycles. The Bertz CT molecular complexity index is 1240. The predicted molar refractivity (Wildman–Crippen MR) is 269 cm³/mol. The van der Waals surface area contributed by atoms with Crippen LogP contribution in [0.1, 0.15) is 228 Å². The third-order valence-corrected chi connectivity index (χ3v) is 17.7. The van der Waals surface area contributed by atoms with Gasteiger partial charge in [-0.2, -0.15) is 0 Å². The van der Waals surface area contributed by atoms with Gasteiger partial charge in [-0.3, -0.25) is 0 Å². The molecule has 4 aliphatic carbocycles. The molecule has 1 unspecified atom stereocenters. The van der Waals surface area contributed by atoms with Crippen LogP contribution in [0.4, 0.5) is 0 Å². The van der Waals surface area contributed by atoms with E-state index in [1.54, 1.807) is 5.57 Å². The van der Waals surface area contributed by atoms with E-state index < -0.39 is 0 Å². The summed E-state index contributed by atoms with van der Waals surface area (Å²) in [6.07, 6.45) is 47.2. The molecule has 0 spiro atoms. The van der Waals surface area contributed by atoms with E-state index in [1.165, 1.54) is 186 Å². The van der Waals surface area contributed by atoms with E-state index >= 15 is 0 Å². The first-order chi connectivity index (χ1) is 30.7. The van der Waals surface area contributed by atoms with Gasteiger partial charge in [-0.15, -0.1) is 0 Å². The van der Waals surface area contributed by atoms with Gasteiger partial charge in [0.2, 0.25) is 0 Å². The molecule has 3 saturated carbocycles. The molecule has 9 atom stereocenters. The molecular weight excluding hydrogens is 775 g/mol. The van der Waals surface area contributed by atoms with Crippen molar-refractivity contribution in [2.75, 3.05) is 59.3 Å². The highest BCUT2D eigenvalue weighted by Crippen LogP contribution is 2.67. The highest BCUT2D eigenvalue weighted by molar-refractivity contribution is 5.25. The fraction of sp³-hybridized carbons (Fsp3) is 0.931. The lowest BCUT2D eigenvalue weighted by Gasteiger charge is -2.58. The molecule has 0 amide bonds. The maximum atomic E-state index is 6.54. The van der Waals surface area contributed by atoms with Crippen molar-refractivity contribution >= 4 is 0 Å². The van der Waals surface area contributed by atoms with Gasteiger partial charge in [0, 0.05) is 13.2 Å². The van der Waals surface area contributed by atoms with E-state index in [9.17, 15) is 0 Å². The van der Waals surface area contributed by atoms with Crippen LogP contribution in [0.3, 0.4) is 0 Å². The number of nitrogens with zero attached hydrogens (tertiary/aromatic N) is 1. The Balaban J connectivity index is 0.918. The van der Waals surface area contributed by atoms with E-state index in [2.05, 4.69) is 64.7 Å². The van der Waals surface area contributed by atoms with E-state index in [0.29, 0.717) is 50.0 Å². The van der Waals surface area contributed by atoms with Crippen LogP contribution in [0.5, 0.6) is 0 Å². The van der Waals surface area contributed by atoms with Crippen molar-refractivity contribution in [3.8, 4) is 0 Å². The highest BCUT2D eigenvalue weighted by Gasteiger charge is 2.59. The third-order valence-electron chi connectivity index (χ3n) is 17.7. The van der Waals surface area contributed by atoms with Gasteiger partial charge in [-0.1, -0.05) is 155 Å². The second-order valence-corrected chi connectivity index (χ2v) is 22.9. The molecule has 5 rings (SSSR count). The molecular formula is C58H105NO4. The lowest BCUT2D eigenvalue weighted by atomic mass is 9.47. The topological polar surface area (TPSA) is 40.2 Å². The van der Waals surface area contributed by atoms with Gasteiger partial charge in [0.1, 0.15) is 0 Å². The van der Waals surface area contributed by atoms with Crippen molar-refractivity contribution in [2.24, 2.45) is 46.3 Å². The van der Waals surface area contributed by atoms with E-state index in [1.807, 2.05) is 0 Å². The number of rotatable bonds is 33. The molecule has 5 nitrogen and oxygen atoms in total. The zero-order valence-corrected chi connectivity index (χ0v) is 42.8. The number of hydrogen-bond donors (Lipinski definition) is 0. The van der Waals surface area contributed by atoms with Crippen LogP contribution < -0.4 is 0 Å². The molecule has 1 aliphatic heterocycles. The number of allylic oxidation sites excluding steroid dienone is 3. The van der Waals surface area contributed by atoms with E-state index in [-0.39, 0.29) is 6.10 Å². The lowest BCUT2D eigenvalue weighted by molar-refractivity contribution is -0.0734. The van der Waals surface area contributed by atoms with Crippen LogP contribution in [0, 0.1) is 46.3 Å². The summed E-state index contributed by atoms with van der Waals surface area (Å²) in [5.41, 5.74) is 2.69. The maximum Gasteiger partial charge on any atom is 0.0936 e. The van der Waals surface area contributed by atoms with Gasteiger partial charge in [0.15, 0.2) is 0 Å². The molecule has 63 heavy (non-hydrogen) atoms. The number of fused-ring (bicyclic) bond motifs is 5. The largest absolute Gasteiger partial charge is 0.379 e. The van der Waals surface area contributed by atoms with Crippen molar-refractivity contribution in [3.63, 3.8) is 0 Å². The Morgan fingerprint density at radius 2 is 1.38 bits per heavy atom. The molecule has 5 aliphatic rings. The zero-order valence-electron chi connectivity index (χ0n) is 42.8.